The Labute approximate surface area is 209 Å². The zero-order chi connectivity index (χ0) is 27.2. The van der Waals surface area contributed by atoms with Gasteiger partial charge in [-0.3, -0.25) is 9.78 Å². The van der Waals surface area contributed by atoms with Crippen LogP contribution < -0.4 is 20.7 Å². The fraction of sp³-hybridized carbons (Fsp3) is 0.200. The van der Waals surface area contributed by atoms with Gasteiger partial charge >= 0.3 is 18.4 Å². The number of aliphatic carboxylic acids is 1. The van der Waals surface area contributed by atoms with E-state index in [-0.39, 0.29) is 22.9 Å². The number of rotatable bonds is 8. The van der Waals surface area contributed by atoms with E-state index in [1.54, 1.807) is 38.1 Å². The molecule has 0 fully saturated rings. The third-order valence-electron chi connectivity index (χ3n) is 5.04. The Morgan fingerprint density at radius 2 is 1.62 bits per heavy atom. The lowest BCUT2D eigenvalue weighted by Gasteiger charge is -2.17. The number of carbonyl (C=O) groups excluding carboxylic acids is 2. The van der Waals surface area contributed by atoms with Crippen molar-refractivity contribution in [1.82, 2.24) is 10.3 Å². The number of para-hydroxylation sites is 2. The first kappa shape index (κ1) is 27.0. The number of carboxylic acids is 1. The number of nitrogens with zero attached hydrogens (tertiary/aromatic N) is 1. The highest BCUT2D eigenvalue weighted by atomic mass is 19.4. The van der Waals surface area contributed by atoms with Gasteiger partial charge in [-0.15, -0.1) is 13.2 Å². The molecule has 3 aromatic rings. The smallest absolute Gasteiger partial charge is 0.480 e. The Morgan fingerprint density at radius 1 is 0.946 bits per heavy atom. The minimum Gasteiger partial charge on any atom is -0.480 e. The molecular formula is C25H23F3N4O5. The maximum Gasteiger partial charge on any atom is 0.573 e. The number of alkyl halides is 3. The largest absolute Gasteiger partial charge is 0.573 e. The summed E-state index contributed by atoms with van der Waals surface area (Å²) < 4.78 is 41.6. The predicted octanol–water partition coefficient (Wildman–Crippen LogP) is 5.13. The van der Waals surface area contributed by atoms with E-state index in [4.69, 9.17) is 0 Å². The Bertz CT molecular complexity index is 1260. The van der Waals surface area contributed by atoms with Crippen LogP contribution in [0.1, 0.15) is 24.2 Å². The molecule has 0 aliphatic carbocycles. The van der Waals surface area contributed by atoms with Crippen molar-refractivity contribution >= 4 is 29.3 Å². The van der Waals surface area contributed by atoms with Gasteiger partial charge in [0.2, 0.25) is 0 Å². The summed E-state index contributed by atoms with van der Waals surface area (Å²) in [4.78, 5) is 40.2. The maximum atomic E-state index is 12.6. The molecule has 1 heterocycles. The second-order valence-corrected chi connectivity index (χ2v) is 8.17. The van der Waals surface area contributed by atoms with Crippen LogP contribution >= 0.6 is 0 Å². The number of ether oxygens (including phenoxy) is 1. The minimum absolute atomic E-state index is 0.172. The van der Waals surface area contributed by atoms with Crippen molar-refractivity contribution in [3.05, 3.63) is 72.4 Å². The van der Waals surface area contributed by atoms with Gasteiger partial charge in [0.05, 0.1) is 23.3 Å². The van der Waals surface area contributed by atoms with E-state index in [1.807, 2.05) is 0 Å². The van der Waals surface area contributed by atoms with E-state index < -0.39 is 36.1 Å². The van der Waals surface area contributed by atoms with Gasteiger partial charge in [-0.2, -0.15) is 0 Å². The third-order valence-corrected chi connectivity index (χ3v) is 5.04. The molecule has 194 valence electrons. The van der Waals surface area contributed by atoms with Gasteiger partial charge in [-0.25, -0.2) is 9.59 Å². The number of aromatic nitrogens is 1. The number of hydrogen-bond donors (Lipinski definition) is 4. The topological polar surface area (TPSA) is 130 Å². The van der Waals surface area contributed by atoms with Crippen LogP contribution in [0.25, 0.3) is 11.3 Å². The number of nitrogens with one attached hydrogen (secondary N) is 3. The summed E-state index contributed by atoms with van der Waals surface area (Å²) in [6, 6.07) is 12.8. The van der Waals surface area contributed by atoms with Crippen molar-refractivity contribution in [1.29, 1.82) is 0 Å². The molecule has 1 atom stereocenters. The van der Waals surface area contributed by atoms with E-state index in [0.29, 0.717) is 11.3 Å². The zero-order valence-electron chi connectivity index (χ0n) is 19.7. The molecule has 1 aromatic heterocycles. The van der Waals surface area contributed by atoms with Gasteiger partial charge < -0.3 is 25.8 Å². The molecule has 4 N–H and O–H groups in total. The Balaban J connectivity index is 1.63. The quantitative estimate of drug-likeness (QED) is 0.329. The summed E-state index contributed by atoms with van der Waals surface area (Å²) in [6.45, 7) is 3.38. The summed E-state index contributed by atoms with van der Waals surface area (Å²) >= 11 is 0. The number of hydrogen-bond acceptors (Lipinski definition) is 5. The van der Waals surface area contributed by atoms with Crippen molar-refractivity contribution in [2.75, 3.05) is 10.6 Å². The number of pyridine rings is 1. The van der Waals surface area contributed by atoms with Gasteiger partial charge in [0.15, 0.2) is 5.75 Å². The highest BCUT2D eigenvalue weighted by molar-refractivity contribution is 6.00. The average molecular weight is 516 g/mol. The Kier molecular flexibility index (Phi) is 8.33. The first-order valence-electron chi connectivity index (χ1n) is 11.0. The number of halogens is 3. The van der Waals surface area contributed by atoms with Gasteiger partial charge in [-0.1, -0.05) is 38.1 Å². The number of carbonyl (C=O) groups is 3. The van der Waals surface area contributed by atoms with Crippen LogP contribution in [0.5, 0.6) is 5.75 Å². The van der Waals surface area contributed by atoms with E-state index >= 15 is 0 Å². The SMILES string of the molecule is CC(C)[C@H](NC(=O)c1ccc(-c2ccc(NC(=O)Nc3ccccc3OC(F)(F)F)cn2)cc1)C(=O)O. The number of amides is 3. The molecule has 37 heavy (non-hydrogen) atoms. The summed E-state index contributed by atoms with van der Waals surface area (Å²) in [5.41, 5.74) is 1.56. The lowest BCUT2D eigenvalue weighted by atomic mass is 10.0. The molecule has 0 aliphatic rings. The lowest BCUT2D eigenvalue weighted by Crippen LogP contribution is -2.44. The average Bonchev–Trinajstić information content (AvgIpc) is 2.83. The highest BCUT2D eigenvalue weighted by Gasteiger charge is 2.32. The molecule has 0 saturated heterocycles. The monoisotopic (exact) mass is 516 g/mol. The van der Waals surface area contributed by atoms with Gasteiger partial charge in [-0.05, 0) is 42.3 Å². The number of anilines is 2. The van der Waals surface area contributed by atoms with Gasteiger partial charge in [0, 0.05) is 11.1 Å². The van der Waals surface area contributed by atoms with E-state index in [2.05, 4.69) is 25.7 Å². The van der Waals surface area contributed by atoms with Crippen LogP contribution in [0.15, 0.2) is 66.9 Å². The Morgan fingerprint density at radius 3 is 2.19 bits per heavy atom. The van der Waals surface area contributed by atoms with E-state index in [9.17, 15) is 32.7 Å². The molecule has 2 aromatic carbocycles. The molecule has 0 radical (unpaired) electrons. The summed E-state index contributed by atoms with van der Waals surface area (Å²) in [5, 5.41) is 16.5. The first-order valence-corrected chi connectivity index (χ1v) is 11.0. The van der Waals surface area contributed by atoms with E-state index in [1.165, 1.54) is 36.5 Å². The number of urea groups is 1. The predicted molar refractivity (Wildman–Crippen MR) is 129 cm³/mol. The number of benzene rings is 2. The second kappa shape index (κ2) is 11.4. The van der Waals surface area contributed by atoms with E-state index in [0.717, 1.165) is 6.07 Å². The van der Waals surface area contributed by atoms with Crippen LogP contribution in [-0.4, -0.2) is 40.4 Å². The molecule has 12 heteroatoms. The molecule has 0 spiro atoms. The molecule has 3 amide bonds. The van der Waals surface area contributed by atoms with Crippen LogP contribution in [0.3, 0.4) is 0 Å². The summed E-state index contributed by atoms with van der Waals surface area (Å²) in [7, 11) is 0. The Hall–Kier alpha value is -4.61. The molecule has 0 aliphatic heterocycles. The fourth-order valence-corrected chi connectivity index (χ4v) is 3.24. The van der Waals surface area contributed by atoms with Gasteiger partial charge in [0.25, 0.3) is 5.91 Å². The molecule has 9 nitrogen and oxygen atoms in total. The summed E-state index contributed by atoms with van der Waals surface area (Å²) in [5.74, 6) is -2.49. The molecule has 0 saturated carbocycles. The van der Waals surface area contributed by atoms with Crippen LogP contribution in [-0.2, 0) is 4.79 Å². The maximum absolute atomic E-state index is 12.6. The third kappa shape index (κ3) is 7.69. The van der Waals surface area contributed by atoms with Crippen LogP contribution in [0.4, 0.5) is 29.3 Å². The van der Waals surface area contributed by atoms with Crippen molar-refractivity contribution in [2.45, 2.75) is 26.3 Å². The van der Waals surface area contributed by atoms with Gasteiger partial charge in [0.1, 0.15) is 6.04 Å². The van der Waals surface area contributed by atoms with Crippen LogP contribution in [0.2, 0.25) is 0 Å². The zero-order valence-corrected chi connectivity index (χ0v) is 19.7. The standard InChI is InChI=1S/C25H23F3N4O5/c1-14(2)21(23(34)35)32-22(33)16-9-7-15(8-10-16)18-12-11-17(13-29-18)30-24(36)31-19-5-3-4-6-20(19)37-25(26,27)28/h3-14,21H,1-2H3,(H,32,33)(H,34,35)(H2,30,31,36)/t21-/m0/s1. The molecule has 0 bridgehead atoms. The second-order valence-electron chi connectivity index (χ2n) is 8.17. The molecule has 3 rings (SSSR count). The van der Waals surface area contributed by atoms with Crippen molar-refractivity contribution < 1.29 is 37.4 Å². The minimum atomic E-state index is -4.91. The molecule has 0 unspecified atom stereocenters. The van der Waals surface area contributed by atoms with Crippen molar-refractivity contribution in [2.24, 2.45) is 5.92 Å². The normalized spacial score (nSPS) is 11.9. The fourth-order valence-electron chi connectivity index (χ4n) is 3.24. The van der Waals surface area contributed by atoms with Crippen LogP contribution in [0, 0.1) is 5.92 Å². The number of carboxylic acid groups (broad SMARTS) is 1. The lowest BCUT2D eigenvalue weighted by molar-refractivity contribution is -0.274. The van der Waals surface area contributed by atoms with Crippen molar-refractivity contribution in [3.63, 3.8) is 0 Å². The first-order chi connectivity index (χ1) is 17.4. The molecular weight excluding hydrogens is 493 g/mol. The summed E-state index contributed by atoms with van der Waals surface area (Å²) in [6.07, 6.45) is -3.56. The highest BCUT2D eigenvalue weighted by Crippen LogP contribution is 2.30. The van der Waals surface area contributed by atoms with Crippen molar-refractivity contribution in [3.8, 4) is 17.0 Å².